The molecule has 1 aliphatic rings. The second-order valence-corrected chi connectivity index (χ2v) is 9.10. The molecule has 0 amide bonds. The fourth-order valence-corrected chi connectivity index (χ4v) is 4.25. The van der Waals surface area contributed by atoms with Gasteiger partial charge in [0.05, 0.1) is 11.8 Å². The van der Waals surface area contributed by atoms with Crippen molar-refractivity contribution in [2.24, 2.45) is 0 Å². The highest BCUT2D eigenvalue weighted by molar-refractivity contribution is 5.57. The molecule has 3 aromatic rings. The molecule has 3 heterocycles. The summed E-state index contributed by atoms with van der Waals surface area (Å²) >= 11 is 0. The van der Waals surface area contributed by atoms with E-state index < -0.39 is 0 Å². The largest absolute Gasteiger partial charge is 0.491 e. The summed E-state index contributed by atoms with van der Waals surface area (Å²) < 4.78 is 13.6. The molecule has 0 saturated carbocycles. The molecule has 1 saturated heterocycles. The monoisotopic (exact) mass is 438 g/mol. The van der Waals surface area contributed by atoms with Crippen LogP contribution in [-0.2, 0) is 0 Å². The number of nitrogen functional groups attached to an aromatic ring is 1. The normalized spacial score (nSPS) is 17.8. The second-order valence-electron chi connectivity index (χ2n) is 9.10. The zero-order valence-corrected chi connectivity index (χ0v) is 19.6. The maximum atomic E-state index is 6.30. The molecule has 0 aliphatic carbocycles. The average Bonchev–Trinajstić information content (AvgIpc) is 3.14. The van der Waals surface area contributed by atoms with Gasteiger partial charge < -0.3 is 20.5 Å². The molecule has 8 nitrogen and oxygen atoms in total. The molecular formula is C24H34N6O2. The number of fused-ring (bicyclic) bond motifs is 1. The Morgan fingerprint density at radius 2 is 1.97 bits per heavy atom. The van der Waals surface area contributed by atoms with Crippen LogP contribution in [0.4, 0.5) is 5.95 Å². The van der Waals surface area contributed by atoms with Crippen molar-refractivity contribution < 1.29 is 9.47 Å². The summed E-state index contributed by atoms with van der Waals surface area (Å²) in [5.74, 6) is 1.39. The van der Waals surface area contributed by atoms with Crippen molar-refractivity contribution in [3.63, 3.8) is 0 Å². The van der Waals surface area contributed by atoms with Crippen molar-refractivity contribution in [3.05, 3.63) is 41.1 Å². The molecule has 1 fully saturated rings. The number of ether oxygens (including phenoxy) is 2. The summed E-state index contributed by atoms with van der Waals surface area (Å²) in [6.07, 6.45) is 2.23. The molecule has 0 bridgehead atoms. The van der Waals surface area contributed by atoms with Gasteiger partial charge in [-0.1, -0.05) is 32.9 Å². The highest BCUT2D eigenvalue weighted by atomic mass is 16.5. The molecule has 4 rings (SSSR count). The van der Waals surface area contributed by atoms with Gasteiger partial charge in [-0.25, -0.2) is 0 Å². The third-order valence-electron chi connectivity index (χ3n) is 5.80. The lowest BCUT2D eigenvalue weighted by molar-refractivity contribution is 0.153. The minimum Gasteiger partial charge on any atom is -0.491 e. The molecule has 172 valence electrons. The summed E-state index contributed by atoms with van der Waals surface area (Å²) in [7, 11) is 0. The third kappa shape index (κ3) is 4.65. The summed E-state index contributed by atoms with van der Waals surface area (Å²) in [4.78, 5) is 9.12. The highest BCUT2D eigenvalue weighted by Gasteiger charge is 2.26. The van der Waals surface area contributed by atoms with E-state index in [1.165, 1.54) is 0 Å². The summed E-state index contributed by atoms with van der Waals surface area (Å²) in [6.45, 7) is 12.3. The van der Waals surface area contributed by atoms with E-state index in [0.717, 1.165) is 48.5 Å². The number of nitrogens with one attached hydrogen (secondary N) is 1. The Bertz CT molecular complexity index is 1070. The first-order valence-electron chi connectivity index (χ1n) is 11.5. The van der Waals surface area contributed by atoms with Gasteiger partial charge >= 0.3 is 6.01 Å². The van der Waals surface area contributed by atoms with E-state index in [1.807, 2.05) is 26.0 Å². The summed E-state index contributed by atoms with van der Waals surface area (Å²) in [5, 5.41) is 8.20. The van der Waals surface area contributed by atoms with Gasteiger partial charge in [0.25, 0.3) is 0 Å². The fourth-order valence-electron chi connectivity index (χ4n) is 4.25. The molecule has 0 radical (unpaired) electrons. The molecule has 1 aliphatic heterocycles. The molecular weight excluding hydrogens is 404 g/mol. The standard InChI is InChI=1S/C24H34N6O2/c1-14(2)20-21(16(5)17-8-6-9-18(12-17)31-15(3)4)29-30-22(20)27-24(28-23(30)25)32-19-10-7-11-26-13-19/h6,8-9,12,14-16,19,26H,7,10-11,13H2,1-5H3,(H2,25,27,28)/t16-,19+/m0/s1. The zero-order valence-electron chi connectivity index (χ0n) is 19.6. The van der Waals surface area contributed by atoms with Crippen molar-refractivity contribution in [2.45, 2.75) is 71.5 Å². The minimum absolute atomic E-state index is 0.0381. The lowest BCUT2D eigenvalue weighted by Gasteiger charge is -2.22. The van der Waals surface area contributed by atoms with E-state index in [4.69, 9.17) is 25.3 Å². The number of rotatable bonds is 7. The van der Waals surface area contributed by atoms with Crippen LogP contribution >= 0.6 is 0 Å². The second kappa shape index (κ2) is 9.32. The van der Waals surface area contributed by atoms with E-state index in [0.29, 0.717) is 11.7 Å². The molecule has 0 unspecified atom stereocenters. The van der Waals surface area contributed by atoms with Crippen LogP contribution in [0.15, 0.2) is 24.3 Å². The van der Waals surface area contributed by atoms with Crippen LogP contribution in [0.1, 0.15) is 76.1 Å². The number of benzene rings is 1. The molecule has 1 aromatic carbocycles. The first-order chi connectivity index (χ1) is 15.3. The number of nitrogens with two attached hydrogens (primary N) is 1. The van der Waals surface area contributed by atoms with Gasteiger partial charge in [0.1, 0.15) is 11.9 Å². The van der Waals surface area contributed by atoms with Gasteiger partial charge in [0.2, 0.25) is 5.95 Å². The number of piperidine rings is 1. The Kier molecular flexibility index (Phi) is 6.50. The van der Waals surface area contributed by atoms with Gasteiger partial charge in [0, 0.05) is 18.0 Å². The Hall–Kier alpha value is -2.87. The predicted octanol–water partition coefficient (Wildman–Crippen LogP) is 3.90. The van der Waals surface area contributed by atoms with E-state index in [9.17, 15) is 0 Å². The summed E-state index contributed by atoms with van der Waals surface area (Å²) in [6, 6.07) is 8.50. The smallest absolute Gasteiger partial charge is 0.322 e. The van der Waals surface area contributed by atoms with Crippen molar-refractivity contribution in [1.82, 2.24) is 24.9 Å². The van der Waals surface area contributed by atoms with Gasteiger partial charge in [0.15, 0.2) is 5.65 Å². The lowest BCUT2D eigenvalue weighted by Crippen LogP contribution is -2.37. The molecule has 8 heteroatoms. The van der Waals surface area contributed by atoms with Crippen LogP contribution < -0.4 is 20.5 Å². The molecule has 2 atom stereocenters. The quantitative estimate of drug-likeness (QED) is 0.577. The number of hydrogen-bond donors (Lipinski definition) is 2. The minimum atomic E-state index is 0.0381. The van der Waals surface area contributed by atoms with E-state index in [-0.39, 0.29) is 30.0 Å². The van der Waals surface area contributed by atoms with Crippen LogP contribution in [-0.4, -0.2) is 44.9 Å². The molecule has 2 aromatic heterocycles. The lowest BCUT2D eigenvalue weighted by atomic mass is 9.91. The highest BCUT2D eigenvalue weighted by Crippen LogP contribution is 2.34. The average molecular weight is 439 g/mol. The maximum absolute atomic E-state index is 6.30. The van der Waals surface area contributed by atoms with Gasteiger partial charge in [-0.2, -0.15) is 19.6 Å². The van der Waals surface area contributed by atoms with Crippen molar-refractivity contribution >= 4 is 11.6 Å². The van der Waals surface area contributed by atoms with Crippen LogP contribution in [0.5, 0.6) is 11.8 Å². The van der Waals surface area contributed by atoms with Crippen LogP contribution in [0.25, 0.3) is 5.65 Å². The molecule has 3 N–H and O–H groups in total. The number of aromatic nitrogens is 4. The SMILES string of the molecule is CC(C)Oc1cccc([C@H](C)c2nn3c(N)nc(O[C@@H]4CCCNC4)nc3c2C(C)C)c1. The van der Waals surface area contributed by atoms with Gasteiger partial charge in [-0.15, -0.1) is 0 Å². The van der Waals surface area contributed by atoms with Gasteiger partial charge in [-0.3, -0.25) is 0 Å². The van der Waals surface area contributed by atoms with Crippen LogP contribution in [0, 0.1) is 0 Å². The van der Waals surface area contributed by atoms with Crippen molar-refractivity contribution in [1.29, 1.82) is 0 Å². The Morgan fingerprint density at radius 1 is 1.16 bits per heavy atom. The van der Waals surface area contributed by atoms with Gasteiger partial charge in [-0.05, 0) is 56.8 Å². The van der Waals surface area contributed by atoms with E-state index in [2.05, 4.69) is 43.2 Å². The predicted molar refractivity (Wildman–Crippen MR) is 126 cm³/mol. The third-order valence-corrected chi connectivity index (χ3v) is 5.80. The number of anilines is 1. The zero-order chi connectivity index (χ0) is 22.8. The topological polar surface area (TPSA) is 99.6 Å². The molecule has 0 spiro atoms. The van der Waals surface area contributed by atoms with Crippen molar-refractivity contribution in [2.75, 3.05) is 18.8 Å². The van der Waals surface area contributed by atoms with Crippen molar-refractivity contribution in [3.8, 4) is 11.8 Å². The number of hydrogen-bond acceptors (Lipinski definition) is 7. The van der Waals surface area contributed by atoms with E-state index in [1.54, 1.807) is 4.52 Å². The maximum Gasteiger partial charge on any atom is 0.322 e. The Labute approximate surface area is 189 Å². The first kappa shape index (κ1) is 22.3. The van der Waals surface area contributed by atoms with Crippen LogP contribution in [0.3, 0.4) is 0 Å². The Balaban J connectivity index is 1.73. The van der Waals surface area contributed by atoms with Crippen LogP contribution in [0.2, 0.25) is 0 Å². The molecule has 32 heavy (non-hydrogen) atoms. The van der Waals surface area contributed by atoms with E-state index >= 15 is 0 Å². The fraction of sp³-hybridized carbons (Fsp3) is 0.542. The number of nitrogens with zero attached hydrogens (tertiary/aromatic N) is 4. The Morgan fingerprint density at radius 3 is 2.66 bits per heavy atom. The summed E-state index contributed by atoms with van der Waals surface area (Å²) in [5.41, 5.74) is 10.1. The first-order valence-corrected chi connectivity index (χ1v) is 11.5.